The number of aromatic nitrogens is 1. The van der Waals surface area contributed by atoms with E-state index in [4.69, 9.17) is 11.6 Å². The summed E-state index contributed by atoms with van der Waals surface area (Å²) in [6.07, 6.45) is 3.60. The standard InChI is InChI=1S/C21H16ClN3O3S/c1-24-11-13(16-7-2-3-8-17(16)24)9-18-20(27)25(21(28)29-18)12-19(26)23-15-6-4-5-14(22)10-15/h2-11H,12H2,1H3,(H,23,26)/b18-9+. The highest BCUT2D eigenvalue weighted by atomic mass is 35.5. The number of nitrogens with one attached hydrogen (secondary N) is 1. The van der Waals surface area contributed by atoms with Crippen molar-refractivity contribution in [3.8, 4) is 0 Å². The maximum Gasteiger partial charge on any atom is 0.294 e. The van der Waals surface area contributed by atoms with E-state index in [0.29, 0.717) is 15.6 Å². The van der Waals surface area contributed by atoms with Crippen LogP contribution in [0.4, 0.5) is 10.5 Å². The normalized spacial score (nSPS) is 15.5. The highest BCUT2D eigenvalue weighted by Crippen LogP contribution is 2.34. The van der Waals surface area contributed by atoms with Gasteiger partial charge in [-0.3, -0.25) is 19.3 Å². The maximum atomic E-state index is 12.7. The quantitative estimate of drug-likeness (QED) is 0.624. The molecule has 6 nitrogen and oxygen atoms in total. The summed E-state index contributed by atoms with van der Waals surface area (Å²) in [6.45, 7) is -0.357. The van der Waals surface area contributed by atoms with Crippen LogP contribution in [0.2, 0.25) is 5.02 Å². The third kappa shape index (κ3) is 3.92. The van der Waals surface area contributed by atoms with E-state index >= 15 is 0 Å². The van der Waals surface area contributed by atoms with Crippen molar-refractivity contribution < 1.29 is 14.4 Å². The molecule has 0 spiro atoms. The van der Waals surface area contributed by atoms with E-state index in [9.17, 15) is 14.4 Å². The van der Waals surface area contributed by atoms with Gasteiger partial charge in [0.1, 0.15) is 6.54 Å². The van der Waals surface area contributed by atoms with Crippen LogP contribution < -0.4 is 5.32 Å². The van der Waals surface area contributed by atoms with E-state index in [1.54, 1.807) is 30.3 Å². The molecule has 2 aromatic carbocycles. The number of nitrogens with zero attached hydrogens (tertiary/aromatic N) is 2. The van der Waals surface area contributed by atoms with Gasteiger partial charge in [0.15, 0.2) is 0 Å². The highest BCUT2D eigenvalue weighted by Gasteiger charge is 2.36. The molecule has 3 amide bonds. The molecule has 4 rings (SSSR count). The summed E-state index contributed by atoms with van der Waals surface area (Å²) in [6, 6.07) is 14.5. The fourth-order valence-corrected chi connectivity index (χ4v) is 4.20. The molecule has 1 saturated heterocycles. The van der Waals surface area contributed by atoms with Gasteiger partial charge in [0.05, 0.1) is 4.91 Å². The molecule has 1 aliphatic heterocycles. The zero-order valence-electron chi connectivity index (χ0n) is 15.4. The third-order valence-electron chi connectivity index (χ3n) is 4.50. The molecule has 1 fully saturated rings. The molecule has 1 N–H and O–H groups in total. The van der Waals surface area contributed by atoms with Crippen molar-refractivity contribution in [2.45, 2.75) is 0 Å². The number of aryl methyl sites for hydroxylation is 1. The van der Waals surface area contributed by atoms with E-state index < -0.39 is 17.1 Å². The number of fused-ring (bicyclic) bond motifs is 1. The summed E-state index contributed by atoms with van der Waals surface area (Å²) in [5.41, 5.74) is 2.37. The Hall–Kier alpha value is -3.03. The second kappa shape index (κ2) is 7.77. The summed E-state index contributed by atoms with van der Waals surface area (Å²) >= 11 is 6.74. The van der Waals surface area contributed by atoms with Crippen molar-refractivity contribution in [2.24, 2.45) is 7.05 Å². The monoisotopic (exact) mass is 425 g/mol. The molecular formula is C21H16ClN3O3S. The number of hydrogen-bond donors (Lipinski definition) is 1. The second-order valence-electron chi connectivity index (χ2n) is 6.54. The van der Waals surface area contributed by atoms with Gasteiger partial charge in [-0.2, -0.15) is 0 Å². The average Bonchev–Trinajstić information content (AvgIpc) is 3.13. The Morgan fingerprint density at radius 1 is 1.17 bits per heavy atom. The van der Waals surface area contributed by atoms with Gasteiger partial charge in [0.2, 0.25) is 5.91 Å². The Morgan fingerprint density at radius 3 is 2.76 bits per heavy atom. The number of imide groups is 1. The van der Waals surface area contributed by atoms with Crippen molar-refractivity contribution >= 4 is 63.1 Å². The first-order valence-electron chi connectivity index (χ1n) is 8.77. The zero-order chi connectivity index (χ0) is 20.5. The van der Waals surface area contributed by atoms with Crippen molar-refractivity contribution in [1.82, 2.24) is 9.47 Å². The first-order chi connectivity index (χ1) is 13.9. The van der Waals surface area contributed by atoms with Gasteiger partial charge in [-0.15, -0.1) is 0 Å². The number of amides is 3. The van der Waals surface area contributed by atoms with Crippen molar-refractivity contribution in [3.63, 3.8) is 0 Å². The molecule has 0 bridgehead atoms. The van der Waals surface area contributed by atoms with Gasteiger partial charge in [-0.1, -0.05) is 35.9 Å². The summed E-state index contributed by atoms with van der Waals surface area (Å²) in [4.78, 5) is 38.6. The summed E-state index contributed by atoms with van der Waals surface area (Å²) < 4.78 is 1.96. The zero-order valence-corrected chi connectivity index (χ0v) is 17.0. The van der Waals surface area contributed by atoms with Crippen LogP contribution in [0.3, 0.4) is 0 Å². The fraction of sp³-hybridized carbons (Fsp3) is 0.0952. The lowest BCUT2D eigenvalue weighted by Gasteiger charge is -2.12. The molecule has 8 heteroatoms. The molecule has 3 aromatic rings. The lowest BCUT2D eigenvalue weighted by Crippen LogP contribution is -2.36. The number of benzene rings is 2. The van der Waals surface area contributed by atoms with Crippen LogP contribution in [0.1, 0.15) is 5.56 Å². The summed E-state index contributed by atoms with van der Waals surface area (Å²) in [5.74, 6) is -0.949. The fourth-order valence-electron chi connectivity index (χ4n) is 3.18. The number of halogens is 1. The van der Waals surface area contributed by atoms with E-state index in [1.807, 2.05) is 42.1 Å². The minimum atomic E-state index is -0.478. The van der Waals surface area contributed by atoms with Crippen LogP contribution in [-0.4, -0.2) is 33.1 Å². The predicted molar refractivity (Wildman–Crippen MR) is 116 cm³/mol. The molecule has 0 radical (unpaired) electrons. The molecule has 1 aromatic heterocycles. The number of rotatable bonds is 4. The number of para-hydroxylation sites is 1. The van der Waals surface area contributed by atoms with Gasteiger partial charge in [-0.25, -0.2) is 0 Å². The topological polar surface area (TPSA) is 71.4 Å². The first-order valence-corrected chi connectivity index (χ1v) is 9.96. The Morgan fingerprint density at radius 2 is 1.97 bits per heavy atom. The number of carbonyl (C=O) groups excluding carboxylic acids is 3. The van der Waals surface area contributed by atoms with Gasteiger partial charge in [-0.05, 0) is 42.1 Å². The largest absolute Gasteiger partial charge is 0.350 e. The first kappa shape index (κ1) is 19.3. The van der Waals surface area contributed by atoms with Crippen LogP contribution in [-0.2, 0) is 16.6 Å². The molecule has 1 aliphatic rings. The second-order valence-corrected chi connectivity index (χ2v) is 7.97. The van der Waals surface area contributed by atoms with Crippen LogP contribution in [0.25, 0.3) is 17.0 Å². The minimum Gasteiger partial charge on any atom is -0.350 e. The van der Waals surface area contributed by atoms with Gasteiger partial charge in [0.25, 0.3) is 11.1 Å². The number of anilines is 1. The van der Waals surface area contributed by atoms with Gasteiger partial charge in [0, 0.05) is 40.4 Å². The molecule has 146 valence electrons. The number of thioether (sulfide) groups is 1. The molecule has 2 heterocycles. The van der Waals surface area contributed by atoms with Crippen LogP contribution in [0.15, 0.2) is 59.6 Å². The van der Waals surface area contributed by atoms with Crippen molar-refractivity contribution in [2.75, 3.05) is 11.9 Å². The lowest BCUT2D eigenvalue weighted by molar-refractivity contribution is -0.127. The van der Waals surface area contributed by atoms with Crippen molar-refractivity contribution in [3.05, 3.63) is 70.2 Å². The Kier molecular flexibility index (Phi) is 5.17. The summed E-state index contributed by atoms with van der Waals surface area (Å²) in [7, 11) is 1.92. The smallest absolute Gasteiger partial charge is 0.294 e. The van der Waals surface area contributed by atoms with Gasteiger partial charge >= 0.3 is 0 Å². The lowest BCUT2D eigenvalue weighted by atomic mass is 10.1. The average molecular weight is 426 g/mol. The Labute approximate surface area is 176 Å². The van der Waals surface area contributed by atoms with E-state index in [0.717, 1.165) is 33.1 Å². The predicted octanol–water partition coefficient (Wildman–Crippen LogP) is 4.51. The van der Waals surface area contributed by atoms with Crippen LogP contribution >= 0.6 is 23.4 Å². The third-order valence-corrected chi connectivity index (χ3v) is 5.64. The van der Waals surface area contributed by atoms with Crippen LogP contribution in [0.5, 0.6) is 0 Å². The molecule has 0 unspecified atom stereocenters. The molecular weight excluding hydrogens is 410 g/mol. The van der Waals surface area contributed by atoms with Crippen LogP contribution in [0, 0.1) is 0 Å². The Balaban J connectivity index is 1.52. The minimum absolute atomic E-state index is 0.293. The highest BCUT2D eigenvalue weighted by molar-refractivity contribution is 8.18. The molecule has 0 atom stereocenters. The molecule has 29 heavy (non-hydrogen) atoms. The van der Waals surface area contributed by atoms with Crippen molar-refractivity contribution in [1.29, 1.82) is 0 Å². The summed E-state index contributed by atoms with van der Waals surface area (Å²) in [5, 5.41) is 3.64. The SMILES string of the molecule is Cn1cc(/C=C2/SC(=O)N(CC(=O)Nc3cccc(Cl)c3)C2=O)c2ccccc21. The maximum absolute atomic E-state index is 12.7. The van der Waals surface area contributed by atoms with E-state index in [-0.39, 0.29) is 6.54 Å². The van der Waals surface area contributed by atoms with Gasteiger partial charge < -0.3 is 9.88 Å². The number of hydrogen-bond acceptors (Lipinski definition) is 4. The van der Waals surface area contributed by atoms with E-state index in [1.165, 1.54) is 0 Å². The molecule has 0 aliphatic carbocycles. The Bertz CT molecular complexity index is 1180. The number of carbonyl (C=O) groups is 3. The van der Waals surface area contributed by atoms with E-state index in [2.05, 4.69) is 5.32 Å². The molecule has 0 saturated carbocycles.